The van der Waals surface area contributed by atoms with Gasteiger partial charge in [0, 0.05) is 11.1 Å². The monoisotopic (exact) mass is 370 g/mol. The fourth-order valence-electron chi connectivity index (χ4n) is 4.53. The first-order chi connectivity index (χ1) is 12.9. The van der Waals surface area contributed by atoms with E-state index in [2.05, 4.69) is 36.6 Å². The van der Waals surface area contributed by atoms with Crippen molar-refractivity contribution in [2.45, 2.75) is 44.1 Å². The van der Waals surface area contributed by atoms with E-state index in [9.17, 15) is 13.6 Å². The molecule has 4 rings (SSSR count). The second kappa shape index (κ2) is 6.71. The fraction of sp³-hybridized carbons (Fsp3) is 0.409. The highest BCUT2D eigenvalue weighted by molar-refractivity contribution is 6.04. The third-order valence-corrected chi connectivity index (χ3v) is 6.07. The van der Waals surface area contributed by atoms with Crippen LogP contribution in [-0.4, -0.2) is 24.9 Å². The summed E-state index contributed by atoms with van der Waals surface area (Å²) < 4.78 is 28.6. The summed E-state index contributed by atoms with van der Waals surface area (Å²) in [4.78, 5) is 13.3. The van der Waals surface area contributed by atoms with E-state index in [0.29, 0.717) is 5.92 Å². The SMILES string of the molecule is CC(C)c1ccc2c(c1)C1(CCNCC1)C(C(=O)c1c(F)cccc1F)N2. The standard InChI is InChI=1S/C22H24F2N2O/c1-13(2)14-6-7-18-15(12-14)22(8-10-25-11-9-22)21(26-18)20(27)19-16(23)4-3-5-17(19)24/h3-7,12-13,21,25-26H,8-11H2,1-2H3. The summed E-state index contributed by atoms with van der Waals surface area (Å²) in [5.41, 5.74) is 2.32. The predicted molar refractivity (Wildman–Crippen MR) is 102 cm³/mol. The largest absolute Gasteiger partial charge is 0.374 e. The number of anilines is 1. The first-order valence-electron chi connectivity index (χ1n) is 9.54. The molecule has 2 N–H and O–H groups in total. The van der Waals surface area contributed by atoms with Gasteiger partial charge in [0.1, 0.15) is 11.6 Å². The van der Waals surface area contributed by atoms with Gasteiger partial charge in [-0.05, 0) is 61.2 Å². The van der Waals surface area contributed by atoms with Gasteiger partial charge in [0.05, 0.1) is 11.6 Å². The van der Waals surface area contributed by atoms with Crippen molar-refractivity contribution in [3.05, 3.63) is 64.7 Å². The maximum absolute atomic E-state index is 14.3. The van der Waals surface area contributed by atoms with Crippen molar-refractivity contribution >= 4 is 11.5 Å². The molecule has 1 atom stereocenters. The number of hydrogen-bond donors (Lipinski definition) is 2. The molecule has 1 spiro atoms. The normalized spacial score (nSPS) is 20.6. The topological polar surface area (TPSA) is 41.1 Å². The minimum absolute atomic E-state index is 0.368. The van der Waals surface area contributed by atoms with Crippen LogP contribution in [-0.2, 0) is 5.41 Å². The van der Waals surface area contributed by atoms with E-state index in [1.54, 1.807) is 0 Å². The minimum atomic E-state index is -0.801. The molecule has 27 heavy (non-hydrogen) atoms. The molecule has 0 aliphatic carbocycles. The molecule has 2 heterocycles. The third-order valence-electron chi connectivity index (χ3n) is 6.07. The summed E-state index contributed by atoms with van der Waals surface area (Å²) in [6.07, 6.45) is 1.50. The summed E-state index contributed by atoms with van der Waals surface area (Å²) in [6.45, 7) is 5.82. The van der Waals surface area contributed by atoms with Crippen LogP contribution in [0.4, 0.5) is 14.5 Å². The van der Waals surface area contributed by atoms with E-state index < -0.39 is 34.4 Å². The van der Waals surface area contributed by atoms with Gasteiger partial charge in [-0.15, -0.1) is 0 Å². The number of piperidine rings is 1. The zero-order chi connectivity index (χ0) is 19.2. The molecular weight excluding hydrogens is 346 g/mol. The van der Waals surface area contributed by atoms with E-state index in [4.69, 9.17) is 0 Å². The predicted octanol–water partition coefficient (Wildman–Crippen LogP) is 4.39. The average molecular weight is 370 g/mol. The Bertz CT molecular complexity index is 868. The van der Waals surface area contributed by atoms with Crippen LogP contribution in [0.3, 0.4) is 0 Å². The highest BCUT2D eigenvalue weighted by atomic mass is 19.1. The van der Waals surface area contributed by atoms with Crippen LogP contribution in [0.15, 0.2) is 36.4 Å². The van der Waals surface area contributed by atoms with Crippen LogP contribution >= 0.6 is 0 Å². The Balaban J connectivity index is 1.82. The molecule has 0 saturated carbocycles. The van der Waals surface area contributed by atoms with Gasteiger partial charge in [-0.25, -0.2) is 8.78 Å². The molecule has 2 aromatic carbocycles. The number of halogens is 2. The van der Waals surface area contributed by atoms with Gasteiger partial charge in [0.25, 0.3) is 0 Å². The zero-order valence-electron chi connectivity index (χ0n) is 15.6. The molecule has 2 aliphatic rings. The van der Waals surface area contributed by atoms with Crippen LogP contribution in [0, 0.1) is 11.6 Å². The first kappa shape index (κ1) is 18.1. The number of fused-ring (bicyclic) bond motifs is 2. The number of ketones is 1. The van der Waals surface area contributed by atoms with Gasteiger partial charge >= 0.3 is 0 Å². The Morgan fingerprint density at radius 1 is 1.11 bits per heavy atom. The van der Waals surface area contributed by atoms with Crippen molar-refractivity contribution in [2.75, 3.05) is 18.4 Å². The number of nitrogens with one attached hydrogen (secondary N) is 2. The van der Waals surface area contributed by atoms with Crippen LogP contribution < -0.4 is 10.6 Å². The Kier molecular flexibility index (Phi) is 4.50. The lowest BCUT2D eigenvalue weighted by atomic mass is 9.67. The number of carbonyl (C=O) groups is 1. The molecule has 0 aromatic heterocycles. The van der Waals surface area contributed by atoms with Gasteiger partial charge < -0.3 is 10.6 Å². The van der Waals surface area contributed by atoms with Crippen molar-refractivity contribution in [3.63, 3.8) is 0 Å². The van der Waals surface area contributed by atoms with E-state index >= 15 is 0 Å². The van der Waals surface area contributed by atoms with E-state index in [1.807, 2.05) is 6.07 Å². The van der Waals surface area contributed by atoms with Crippen molar-refractivity contribution in [1.29, 1.82) is 0 Å². The molecular formula is C22H24F2N2O. The molecule has 0 bridgehead atoms. The van der Waals surface area contributed by atoms with Crippen LogP contribution in [0.1, 0.15) is 54.1 Å². The van der Waals surface area contributed by atoms with Crippen LogP contribution in [0.2, 0.25) is 0 Å². The summed E-state index contributed by atoms with van der Waals surface area (Å²) in [5, 5.41) is 6.64. The van der Waals surface area contributed by atoms with Gasteiger partial charge in [-0.1, -0.05) is 32.0 Å². The second-order valence-corrected chi connectivity index (χ2v) is 7.90. The molecule has 1 saturated heterocycles. The average Bonchev–Trinajstić information content (AvgIpc) is 2.95. The maximum Gasteiger partial charge on any atom is 0.191 e. The van der Waals surface area contributed by atoms with Gasteiger partial charge in [-0.2, -0.15) is 0 Å². The zero-order valence-corrected chi connectivity index (χ0v) is 15.6. The smallest absolute Gasteiger partial charge is 0.191 e. The van der Waals surface area contributed by atoms with Gasteiger partial charge in [0.2, 0.25) is 0 Å². The molecule has 142 valence electrons. The Morgan fingerprint density at radius 3 is 2.41 bits per heavy atom. The van der Waals surface area contributed by atoms with Gasteiger partial charge in [-0.3, -0.25) is 4.79 Å². The molecule has 2 aliphatic heterocycles. The molecule has 3 nitrogen and oxygen atoms in total. The highest BCUT2D eigenvalue weighted by Crippen LogP contribution is 2.48. The van der Waals surface area contributed by atoms with E-state index in [0.717, 1.165) is 49.3 Å². The number of carbonyl (C=O) groups excluding carboxylic acids is 1. The Morgan fingerprint density at radius 2 is 1.78 bits per heavy atom. The Hall–Kier alpha value is -2.27. The first-order valence-corrected chi connectivity index (χ1v) is 9.54. The van der Waals surface area contributed by atoms with Gasteiger partial charge in [0.15, 0.2) is 5.78 Å². The fourth-order valence-corrected chi connectivity index (χ4v) is 4.53. The van der Waals surface area contributed by atoms with E-state index in [-0.39, 0.29) is 0 Å². The maximum atomic E-state index is 14.3. The molecule has 1 fully saturated rings. The van der Waals surface area contributed by atoms with Crippen LogP contribution in [0.5, 0.6) is 0 Å². The summed E-state index contributed by atoms with van der Waals surface area (Å²) in [7, 11) is 0. The molecule has 0 radical (unpaired) electrons. The molecule has 5 heteroatoms. The van der Waals surface area contributed by atoms with E-state index in [1.165, 1.54) is 11.6 Å². The van der Waals surface area contributed by atoms with Crippen LogP contribution in [0.25, 0.3) is 0 Å². The van der Waals surface area contributed by atoms with Crippen molar-refractivity contribution in [1.82, 2.24) is 5.32 Å². The lowest BCUT2D eigenvalue weighted by Gasteiger charge is -2.39. The Labute approximate surface area is 158 Å². The number of rotatable bonds is 3. The quantitative estimate of drug-likeness (QED) is 0.788. The lowest BCUT2D eigenvalue weighted by molar-refractivity contribution is 0.0909. The lowest BCUT2D eigenvalue weighted by Crippen LogP contribution is -2.51. The number of benzene rings is 2. The second-order valence-electron chi connectivity index (χ2n) is 7.90. The minimum Gasteiger partial charge on any atom is -0.374 e. The third kappa shape index (κ3) is 2.85. The van der Waals surface area contributed by atoms with Crippen molar-refractivity contribution in [3.8, 4) is 0 Å². The van der Waals surface area contributed by atoms with Crippen molar-refractivity contribution < 1.29 is 13.6 Å². The number of Topliss-reactive ketones (excluding diaryl/α,β-unsaturated/α-hetero) is 1. The highest BCUT2D eigenvalue weighted by Gasteiger charge is 2.51. The van der Waals surface area contributed by atoms with Crippen molar-refractivity contribution in [2.24, 2.45) is 0 Å². The molecule has 1 unspecified atom stereocenters. The number of hydrogen-bond acceptors (Lipinski definition) is 3. The summed E-state index contributed by atoms with van der Waals surface area (Å²) >= 11 is 0. The summed E-state index contributed by atoms with van der Waals surface area (Å²) in [5.74, 6) is -1.74. The summed E-state index contributed by atoms with van der Waals surface area (Å²) in [6, 6.07) is 9.13. The molecule has 0 amide bonds. The molecule has 2 aromatic rings.